The molecule has 0 radical (unpaired) electrons. The predicted molar refractivity (Wildman–Crippen MR) is 202 cm³/mol. The van der Waals surface area contributed by atoms with E-state index in [2.05, 4.69) is 26.8 Å². The number of ether oxygens (including phenoxy) is 3. The number of methoxy groups -OCH3 is 1. The van der Waals surface area contributed by atoms with Crippen LogP contribution in [0.3, 0.4) is 0 Å². The number of para-hydroxylation sites is 1. The molecule has 4 amide bonds. The van der Waals surface area contributed by atoms with E-state index in [9.17, 15) is 24.0 Å². The Morgan fingerprint density at radius 1 is 0.648 bits per heavy atom. The summed E-state index contributed by atoms with van der Waals surface area (Å²) in [6.07, 6.45) is 0.964. The van der Waals surface area contributed by atoms with Crippen molar-refractivity contribution in [3.63, 3.8) is 0 Å². The average Bonchev–Trinajstić information content (AvgIpc) is 3.18. The highest BCUT2D eigenvalue weighted by Crippen LogP contribution is 2.22. The summed E-state index contributed by atoms with van der Waals surface area (Å²) in [5.74, 6) is -0.627. The molecular formula is C41H47N5O8. The number of nitrogens with one attached hydrogen (secondary N) is 5. The van der Waals surface area contributed by atoms with E-state index in [1.54, 1.807) is 24.3 Å². The molecule has 0 fully saturated rings. The second-order valence-electron chi connectivity index (χ2n) is 12.3. The number of esters is 1. The molecule has 13 heteroatoms. The van der Waals surface area contributed by atoms with E-state index in [1.807, 2.05) is 91.0 Å². The third kappa shape index (κ3) is 15.2. The van der Waals surface area contributed by atoms with Crippen LogP contribution in [0.1, 0.15) is 42.4 Å². The molecule has 4 aromatic carbocycles. The molecule has 284 valence electrons. The third-order valence-corrected chi connectivity index (χ3v) is 8.09. The molecule has 0 spiro atoms. The van der Waals surface area contributed by atoms with E-state index in [0.29, 0.717) is 36.4 Å². The van der Waals surface area contributed by atoms with Gasteiger partial charge in [-0.25, -0.2) is 15.0 Å². The topological polar surface area (TPSA) is 173 Å². The first-order valence-corrected chi connectivity index (χ1v) is 17.8. The maximum atomic E-state index is 13.3. The summed E-state index contributed by atoms with van der Waals surface area (Å²) in [4.78, 5) is 63.6. The first-order valence-electron chi connectivity index (χ1n) is 17.8. The molecule has 4 rings (SSSR count). The number of hydrogen-bond acceptors (Lipinski definition) is 9. The first-order chi connectivity index (χ1) is 26.3. The van der Waals surface area contributed by atoms with Gasteiger partial charge in [0.25, 0.3) is 5.91 Å². The number of rotatable bonds is 21. The zero-order valence-corrected chi connectivity index (χ0v) is 30.3. The molecule has 4 aromatic rings. The van der Waals surface area contributed by atoms with Gasteiger partial charge in [0, 0.05) is 25.9 Å². The molecule has 0 aromatic heterocycles. The Hall–Kier alpha value is -6.21. The predicted octanol–water partition coefficient (Wildman–Crippen LogP) is 4.51. The van der Waals surface area contributed by atoms with Gasteiger partial charge in [0.1, 0.15) is 30.2 Å². The molecule has 0 heterocycles. The van der Waals surface area contributed by atoms with Gasteiger partial charge in [0.2, 0.25) is 11.8 Å². The number of unbranched alkanes of at least 4 members (excludes halogenated alkanes) is 1. The van der Waals surface area contributed by atoms with Crippen molar-refractivity contribution in [2.24, 2.45) is 0 Å². The number of hydrazine groups is 1. The molecule has 0 saturated carbocycles. The van der Waals surface area contributed by atoms with Crippen molar-refractivity contribution in [2.45, 2.75) is 57.2 Å². The standard InChI is InChI=1S/C41H47N5O8/c1-52-40(50)36(27-30-14-5-2-6-15-30)45-37(47)23-25-43-46-39(49)35(22-11-12-24-42-41(51)53-29-31-16-7-3-8-17-31)44-38(48)28-32-18-13-21-34(26-32)54-33-19-9-4-10-20-33/h2-10,13-21,26,35-36,43H,11-12,22-25,27-29H2,1H3,(H,42,51)(H,44,48)(H,45,47)(H,46,49). The normalized spacial score (nSPS) is 11.6. The van der Waals surface area contributed by atoms with Crippen molar-refractivity contribution in [2.75, 3.05) is 20.2 Å². The second kappa shape index (κ2) is 22.7. The van der Waals surface area contributed by atoms with E-state index in [4.69, 9.17) is 14.2 Å². The van der Waals surface area contributed by atoms with E-state index in [1.165, 1.54) is 7.11 Å². The molecule has 5 N–H and O–H groups in total. The van der Waals surface area contributed by atoms with Crippen molar-refractivity contribution in [1.29, 1.82) is 0 Å². The van der Waals surface area contributed by atoms with Gasteiger partial charge in [0.05, 0.1) is 13.5 Å². The fourth-order valence-electron chi connectivity index (χ4n) is 5.35. The van der Waals surface area contributed by atoms with E-state index >= 15 is 0 Å². The number of carbonyl (C=O) groups excluding carboxylic acids is 5. The van der Waals surface area contributed by atoms with E-state index in [-0.39, 0.29) is 44.7 Å². The van der Waals surface area contributed by atoms with Gasteiger partial charge >= 0.3 is 12.1 Å². The van der Waals surface area contributed by atoms with Gasteiger partial charge in [-0.15, -0.1) is 0 Å². The van der Waals surface area contributed by atoms with E-state index < -0.39 is 36.0 Å². The number of carbonyl (C=O) groups is 5. The van der Waals surface area contributed by atoms with Crippen LogP contribution in [0.2, 0.25) is 0 Å². The zero-order valence-electron chi connectivity index (χ0n) is 30.3. The number of amides is 4. The number of alkyl carbamates (subject to hydrolysis) is 1. The molecule has 0 aliphatic heterocycles. The summed E-state index contributed by atoms with van der Waals surface area (Å²) in [6.45, 7) is 0.519. The van der Waals surface area contributed by atoms with E-state index in [0.717, 1.165) is 11.1 Å². The molecule has 0 bridgehead atoms. The Bertz CT molecular complexity index is 1780. The third-order valence-electron chi connectivity index (χ3n) is 8.09. The van der Waals surface area contributed by atoms with Crippen LogP contribution in [0.4, 0.5) is 4.79 Å². The van der Waals surface area contributed by atoms with Crippen LogP contribution >= 0.6 is 0 Å². The first kappa shape index (κ1) is 40.6. The summed E-state index contributed by atoms with van der Waals surface area (Å²) in [7, 11) is 1.26. The van der Waals surface area contributed by atoms with Gasteiger partial charge < -0.3 is 30.2 Å². The lowest BCUT2D eigenvalue weighted by Gasteiger charge is -2.19. The molecule has 0 aliphatic carbocycles. The van der Waals surface area contributed by atoms with Crippen LogP contribution in [-0.2, 0) is 48.1 Å². The zero-order chi connectivity index (χ0) is 38.4. The largest absolute Gasteiger partial charge is 0.467 e. The van der Waals surface area contributed by atoms with Crippen molar-refractivity contribution in [1.82, 2.24) is 26.8 Å². The van der Waals surface area contributed by atoms with Crippen molar-refractivity contribution in [3.8, 4) is 11.5 Å². The van der Waals surface area contributed by atoms with Gasteiger partial charge in [0.15, 0.2) is 0 Å². The minimum absolute atomic E-state index is 0.00250. The molecule has 0 aliphatic rings. The molecule has 2 unspecified atom stereocenters. The number of benzene rings is 4. The van der Waals surface area contributed by atoms with Crippen LogP contribution in [0, 0.1) is 0 Å². The Balaban J connectivity index is 1.26. The summed E-state index contributed by atoms with van der Waals surface area (Å²) in [5.41, 5.74) is 7.74. The fraction of sp³-hybridized carbons (Fsp3) is 0.293. The summed E-state index contributed by atoms with van der Waals surface area (Å²) >= 11 is 0. The monoisotopic (exact) mass is 737 g/mol. The van der Waals surface area contributed by atoms with Crippen molar-refractivity contribution >= 4 is 29.8 Å². The van der Waals surface area contributed by atoms with Gasteiger partial charge in [-0.3, -0.25) is 19.8 Å². The highest BCUT2D eigenvalue weighted by Gasteiger charge is 2.23. The van der Waals surface area contributed by atoms with Gasteiger partial charge in [-0.1, -0.05) is 91.0 Å². The van der Waals surface area contributed by atoms with Gasteiger partial charge in [-0.05, 0) is 60.2 Å². The van der Waals surface area contributed by atoms with Crippen LogP contribution in [-0.4, -0.2) is 62.1 Å². The van der Waals surface area contributed by atoms with Crippen molar-refractivity contribution < 1.29 is 38.2 Å². The van der Waals surface area contributed by atoms with Crippen LogP contribution in [0.5, 0.6) is 11.5 Å². The Labute approximate surface area is 315 Å². The van der Waals surface area contributed by atoms with Gasteiger partial charge in [-0.2, -0.15) is 0 Å². The fourth-order valence-corrected chi connectivity index (χ4v) is 5.35. The average molecular weight is 738 g/mol. The minimum atomic E-state index is -0.915. The SMILES string of the molecule is COC(=O)C(Cc1ccccc1)NC(=O)CCNNC(=O)C(CCCCNC(=O)OCc1ccccc1)NC(=O)Cc1cccc(Oc2ccccc2)c1. The van der Waals surface area contributed by atoms with Crippen LogP contribution in [0.15, 0.2) is 115 Å². The smallest absolute Gasteiger partial charge is 0.407 e. The Morgan fingerprint density at radius 2 is 1.28 bits per heavy atom. The highest BCUT2D eigenvalue weighted by molar-refractivity contribution is 5.88. The highest BCUT2D eigenvalue weighted by atomic mass is 16.5. The minimum Gasteiger partial charge on any atom is -0.467 e. The molecular weight excluding hydrogens is 690 g/mol. The summed E-state index contributed by atoms with van der Waals surface area (Å²) in [6, 6.07) is 33.2. The number of hydrogen-bond donors (Lipinski definition) is 5. The lowest BCUT2D eigenvalue weighted by molar-refractivity contribution is -0.145. The molecule has 13 nitrogen and oxygen atoms in total. The molecule has 0 saturated heterocycles. The maximum absolute atomic E-state index is 13.3. The Morgan fingerprint density at radius 3 is 1.98 bits per heavy atom. The van der Waals surface area contributed by atoms with Crippen LogP contribution < -0.4 is 31.5 Å². The molecule has 54 heavy (non-hydrogen) atoms. The lowest BCUT2D eigenvalue weighted by atomic mass is 10.1. The lowest BCUT2D eigenvalue weighted by Crippen LogP contribution is -2.52. The molecule has 2 atom stereocenters. The Kier molecular flexibility index (Phi) is 17.0. The summed E-state index contributed by atoms with van der Waals surface area (Å²) < 4.78 is 16.0. The second-order valence-corrected chi connectivity index (χ2v) is 12.3. The quantitative estimate of drug-likeness (QED) is 0.0469. The van der Waals surface area contributed by atoms with Crippen molar-refractivity contribution in [3.05, 3.63) is 132 Å². The maximum Gasteiger partial charge on any atom is 0.407 e. The van der Waals surface area contributed by atoms with Crippen LogP contribution in [0.25, 0.3) is 0 Å². The summed E-state index contributed by atoms with van der Waals surface area (Å²) in [5, 5.41) is 8.20.